The van der Waals surface area contributed by atoms with Crippen molar-refractivity contribution in [2.75, 3.05) is 9.80 Å². The van der Waals surface area contributed by atoms with Crippen molar-refractivity contribution in [2.24, 2.45) is 0 Å². The van der Waals surface area contributed by atoms with E-state index in [2.05, 4.69) is 220 Å². The van der Waals surface area contributed by atoms with Gasteiger partial charge in [-0.15, -0.1) is 48.1 Å². The van der Waals surface area contributed by atoms with Gasteiger partial charge in [0.25, 0.3) is 0 Å². The number of aromatic nitrogens is 2. The summed E-state index contributed by atoms with van der Waals surface area (Å²) < 4.78 is 8.80. The molecule has 9 aromatic rings. The first kappa shape index (κ1) is 41.0. The van der Waals surface area contributed by atoms with Crippen molar-refractivity contribution in [1.29, 1.82) is 0 Å². The normalized spacial score (nSPS) is 12.7. The Hall–Kier alpha value is -6.42. The minimum absolute atomic E-state index is 0. The number of fused-ring (bicyclic) bond motifs is 4. The fourth-order valence-corrected chi connectivity index (χ4v) is 8.62. The van der Waals surface area contributed by atoms with Crippen molar-refractivity contribution < 1.29 is 25.8 Å². The molecule has 310 valence electrons. The Morgan fingerprint density at radius 2 is 1.26 bits per heavy atom. The van der Waals surface area contributed by atoms with E-state index in [1.54, 1.807) is 0 Å². The van der Waals surface area contributed by atoms with Gasteiger partial charge in [0.2, 0.25) is 0 Å². The van der Waals surface area contributed by atoms with Crippen molar-refractivity contribution in [3.8, 4) is 28.4 Å². The summed E-state index contributed by atoms with van der Waals surface area (Å²) >= 11 is 0. The summed E-state index contributed by atoms with van der Waals surface area (Å²) in [4.78, 5) is 9.55. The quantitative estimate of drug-likeness (QED) is 0.142. The number of benzene rings is 7. The Morgan fingerprint density at radius 3 is 2.05 bits per heavy atom. The molecule has 0 bridgehead atoms. The van der Waals surface area contributed by atoms with Crippen LogP contribution >= 0.6 is 0 Å². The molecule has 6 heteroatoms. The molecule has 10 rings (SSSR count). The van der Waals surface area contributed by atoms with Gasteiger partial charge in [0, 0.05) is 72.3 Å². The van der Waals surface area contributed by atoms with Gasteiger partial charge in [0.1, 0.15) is 5.82 Å². The zero-order valence-corrected chi connectivity index (χ0v) is 38.0. The predicted octanol–water partition coefficient (Wildman–Crippen LogP) is 14.6. The van der Waals surface area contributed by atoms with Crippen LogP contribution in [0.2, 0.25) is 0 Å². The van der Waals surface area contributed by atoms with Gasteiger partial charge in [-0.05, 0) is 81.9 Å². The van der Waals surface area contributed by atoms with Crippen molar-refractivity contribution in [2.45, 2.75) is 52.4 Å². The Labute approximate surface area is 379 Å². The monoisotopic (exact) mass is 986 g/mol. The fourth-order valence-electron chi connectivity index (χ4n) is 8.62. The zero-order valence-electron chi connectivity index (χ0n) is 35.8. The first-order chi connectivity index (χ1) is 29.5. The van der Waals surface area contributed by atoms with E-state index in [-0.39, 0.29) is 31.9 Å². The van der Waals surface area contributed by atoms with Crippen molar-refractivity contribution >= 4 is 44.6 Å². The maximum atomic E-state index is 6.60. The minimum atomic E-state index is -0.144. The van der Waals surface area contributed by atoms with Crippen LogP contribution in [-0.2, 0) is 31.9 Å². The number of pyridine rings is 1. The van der Waals surface area contributed by atoms with Gasteiger partial charge in [0.15, 0.2) is 0 Å². The third-order valence-corrected chi connectivity index (χ3v) is 12.1. The average molecular weight is 987 g/mol. The van der Waals surface area contributed by atoms with Gasteiger partial charge >= 0.3 is 0 Å². The van der Waals surface area contributed by atoms with E-state index in [1.165, 1.54) is 16.7 Å². The third kappa shape index (κ3) is 7.39. The molecule has 0 radical (unpaired) electrons. The van der Waals surface area contributed by atoms with Crippen LogP contribution in [0.3, 0.4) is 0 Å². The molecule has 1 aliphatic rings. The summed E-state index contributed by atoms with van der Waals surface area (Å²) in [7, 11) is 0. The molecule has 62 heavy (non-hydrogen) atoms. The number of aryl methyl sites for hydroxylation is 1. The van der Waals surface area contributed by atoms with E-state index in [0.717, 1.165) is 67.1 Å². The second-order valence-electron chi connectivity index (χ2n) is 17.5. The molecule has 0 N–H and O–H groups in total. The summed E-state index contributed by atoms with van der Waals surface area (Å²) in [5.41, 5.74) is 13.3. The molecule has 0 fully saturated rings. The first-order valence-corrected chi connectivity index (χ1v) is 21.0. The topological polar surface area (TPSA) is 33.5 Å². The number of rotatable bonds is 8. The van der Waals surface area contributed by atoms with Crippen LogP contribution in [0.4, 0.5) is 22.7 Å². The Kier molecular flexibility index (Phi) is 10.7. The van der Waals surface area contributed by atoms with E-state index in [4.69, 9.17) is 9.72 Å². The van der Waals surface area contributed by atoms with Crippen molar-refractivity contribution in [3.05, 3.63) is 211 Å². The van der Waals surface area contributed by atoms with Crippen LogP contribution in [0.5, 0.6) is 11.5 Å². The summed E-state index contributed by atoms with van der Waals surface area (Å²) in [6, 6.07) is 64.8. The Morgan fingerprint density at radius 1 is 0.581 bits per heavy atom. The van der Waals surface area contributed by atoms with E-state index in [1.807, 2.05) is 24.4 Å². The molecule has 0 amide bonds. The van der Waals surface area contributed by atoms with Crippen LogP contribution in [0.25, 0.3) is 38.8 Å². The molecule has 0 spiro atoms. The maximum absolute atomic E-state index is 6.60. The van der Waals surface area contributed by atoms with E-state index < -0.39 is 0 Å². The predicted molar refractivity (Wildman–Crippen MR) is 252 cm³/mol. The van der Waals surface area contributed by atoms with Gasteiger partial charge in [-0.1, -0.05) is 137 Å². The molecular formula is C56H47N4OPt-3. The number of nitrogens with zero attached hydrogens (tertiary/aromatic N) is 4. The van der Waals surface area contributed by atoms with Crippen LogP contribution in [0.15, 0.2) is 170 Å². The summed E-state index contributed by atoms with van der Waals surface area (Å²) in [5.74, 6) is 2.03. The van der Waals surface area contributed by atoms with Gasteiger partial charge in [-0.25, -0.2) is 4.98 Å². The second-order valence-corrected chi connectivity index (χ2v) is 17.5. The van der Waals surface area contributed by atoms with Gasteiger partial charge in [-0.2, -0.15) is 12.1 Å². The number of hydrogen-bond acceptors (Lipinski definition) is 4. The van der Waals surface area contributed by atoms with Crippen LogP contribution in [0.1, 0.15) is 56.9 Å². The summed E-state index contributed by atoms with van der Waals surface area (Å²) in [6.45, 7) is 15.6. The number of hydrogen-bond donors (Lipinski definition) is 0. The van der Waals surface area contributed by atoms with E-state index in [0.29, 0.717) is 11.5 Å². The van der Waals surface area contributed by atoms with Gasteiger partial charge in [-0.3, -0.25) is 0 Å². The molecule has 0 atom stereocenters. The number of para-hydroxylation sites is 3. The first-order valence-electron chi connectivity index (χ1n) is 21.0. The van der Waals surface area contributed by atoms with Crippen LogP contribution in [0, 0.1) is 25.7 Å². The molecule has 5 nitrogen and oxygen atoms in total. The largest absolute Gasteiger partial charge is 0.509 e. The molecule has 0 saturated heterocycles. The average Bonchev–Trinajstić information content (AvgIpc) is 3.83. The smallest absolute Gasteiger partial charge is 0.135 e. The minimum Gasteiger partial charge on any atom is -0.509 e. The SMILES string of the molecule is Cc1cc(-n2c3[c-]c(Oc4[c-]c(N5[CH-]N(c6cccc(C(C)(C)C)c6)c6ccccc65)ccc4)ccc3c3ccccc32)ncc1-c1cccc(C(C)(C)c2ccccc2)c1.[Pt]. The molecular weight excluding hydrogens is 940 g/mol. The molecule has 3 heterocycles. The maximum Gasteiger partial charge on any atom is 0.135 e. The molecule has 0 saturated carbocycles. The Bertz CT molecular complexity index is 3090. The summed E-state index contributed by atoms with van der Waals surface area (Å²) in [6.07, 6.45) is 2.01. The molecule has 7 aromatic carbocycles. The number of ether oxygens (including phenoxy) is 1. The van der Waals surface area contributed by atoms with E-state index in [9.17, 15) is 0 Å². The van der Waals surface area contributed by atoms with Crippen LogP contribution < -0.4 is 14.5 Å². The van der Waals surface area contributed by atoms with Gasteiger partial charge in [0.05, 0.1) is 0 Å². The fraction of sp³-hybridized carbons (Fsp3) is 0.143. The molecule has 1 aliphatic heterocycles. The van der Waals surface area contributed by atoms with Crippen molar-refractivity contribution in [1.82, 2.24) is 9.55 Å². The Balaban J connectivity index is 0.00000490. The zero-order chi connectivity index (χ0) is 41.9. The van der Waals surface area contributed by atoms with E-state index >= 15 is 0 Å². The molecule has 0 unspecified atom stereocenters. The number of anilines is 4. The molecule has 2 aromatic heterocycles. The standard InChI is InChI=1S/C56H47N4O.Pt/c1-38-31-54(57-36-49(38)39-17-14-21-42(32-39)56(5,6)40-18-8-7-9-19-40)60-50-26-11-10-25-47(50)48-30-29-46(35-53(48)60)61-45-24-16-23-44(34-45)59-37-58(51-27-12-13-28-52(51)59)43-22-15-20-41(33-43)55(2,3)4;/h7-33,36-37H,1-6H3;/q-3;. The second kappa shape index (κ2) is 16.1. The van der Waals surface area contributed by atoms with Crippen molar-refractivity contribution in [3.63, 3.8) is 0 Å². The van der Waals surface area contributed by atoms with Gasteiger partial charge < -0.3 is 19.1 Å². The molecule has 0 aliphatic carbocycles. The third-order valence-electron chi connectivity index (χ3n) is 12.1. The summed E-state index contributed by atoms with van der Waals surface area (Å²) in [5, 5.41) is 2.22. The van der Waals surface area contributed by atoms with Crippen LogP contribution in [-0.4, -0.2) is 9.55 Å².